The molecule has 0 unspecified atom stereocenters. The number of hydrogen-bond donors (Lipinski definition) is 0. The second-order valence-corrected chi connectivity index (χ2v) is 4.29. The van der Waals surface area contributed by atoms with Gasteiger partial charge in [-0.2, -0.15) is 0 Å². The molecule has 1 rings (SSSR count). The molecule has 0 N–H and O–H groups in total. The highest BCUT2D eigenvalue weighted by molar-refractivity contribution is 9.08. The van der Waals surface area contributed by atoms with Gasteiger partial charge in [0.1, 0.15) is 5.75 Å². The average Bonchev–Trinajstić information content (AvgIpc) is 2.31. The number of alkyl halides is 1. The second kappa shape index (κ2) is 6.87. The SMILES string of the molecule is CCOC(=O)Cc1c(Cl)ccc(OC)c1CBr. The predicted molar refractivity (Wildman–Crippen MR) is 71.0 cm³/mol. The van der Waals surface area contributed by atoms with E-state index in [1.54, 1.807) is 26.2 Å². The van der Waals surface area contributed by atoms with Crippen LogP contribution >= 0.6 is 27.5 Å². The normalized spacial score (nSPS) is 10.1. The average molecular weight is 322 g/mol. The van der Waals surface area contributed by atoms with Gasteiger partial charge in [-0.1, -0.05) is 27.5 Å². The van der Waals surface area contributed by atoms with E-state index in [-0.39, 0.29) is 12.4 Å². The molecule has 0 saturated heterocycles. The van der Waals surface area contributed by atoms with Crippen molar-refractivity contribution < 1.29 is 14.3 Å². The molecule has 0 bridgehead atoms. The van der Waals surface area contributed by atoms with E-state index >= 15 is 0 Å². The van der Waals surface area contributed by atoms with E-state index in [0.717, 1.165) is 11.1 Å². The van der Waals surface area contributed by atoms with Gasteiger partial charge in [0.15, 0.2) is 0 Å². The molecular weight excluding hydrogens is 307 g/mol. The standard InChI is InChI=1S/C12H14BrClO3/c1-3-17-12(15)6-8-9(7-13)11(16-2)5-4-10(8)14/h4-5H,3,6-7H2,1-2H3. The lowest BCUT2D eigenvalue weighted by atomic mass is 10.0. The lowest BCUT2D eigenvalue weighted by molar-refractivity contribution is -0.142. The summed E-state index contributed by atoms with van der Waals surface area (Å²) in [6.07, 6.45) is 0.158. The van der Waals surface area contributed by atoms with Crippen LogP contribution < -0.4 is 4.74 Å². The van der Waals surface area contributed by atoms with Crippen LogP contribution in [0.15, 0.2) is 12.1 Å². The summed E-state index contributed by atoms with van der Waals surface area (Å²) in [6, 6.07) is 3.51. The van der Waals surface area contributed by atoms with Crippen LogP contribution in [-0.4, -0.2) is 19.7 Å². The first kappa shape index (κ1) is 14.3. The lowest BCUT2D eigenvalue weighted by Gasteiger charge is -2.13. The van der Waals surface area contributed by atoms with Gasteiger partial charge in [0, 0.05) is 15.9 Å². The van der Waals surface area contributed by atoms with Gasteiger partial charge in [-0.25, -0.2) is 0 Å². The van der Waals surface area contributed by atoms with Crippen LogP contribution in [-0.2, 0) is 21.3 Å². The predicted octanol–water partition coefficient (Wildman–Crippen LogP) is 3.35. The van der Waals surface area contributed by atoms with Crippen molar-refractivity contribution in [3.8, 4) is 5.75 Å². The number of carbonyl (C=O) groups is 1. The Balaban J connectivity index is 3.07. The topological polar surface area (TPSA) is 35.5 Å². The largest absolute Gasteiger partial charge is 0.496 e. The smallest absolute Gasteiger partial charge is 0.310 e. The molecular formula is C12H14BrClO3. The molecule has 0 saturated carbocycles. The zero-order chi connectivity index (χ0) is 12.8. The highest BCUT2D eigenvalue weighted by Gasteiger charge is 2.15. The molecule has 0 radical (unpaired) electrons. The number of carbonyl (C=O) groups excluding carboxylic acids is 1. The fourth-order valence-electron chi connectivity index (χ4n) is 1.53. The summed E-state index contributed by atoms with van der Waals surface area (Å²) in [5.74, 6) is 0.426. The third-order valence-electron chi connectivity index (χ3n) is 2.31. The molecule has 0 atom stereocenters. The Morgan fingerprint density at radius 1 is 1.41 bits per heavy atom. The minimum atomic E-state index is -0.287. The maximum atomic E-state index is 11.5. The van der Waals surface area contributed by atoms with Crippen molar-refractivity contribution in [2.45, 2.75) is 18.7 Å². The number of halogens is 2. The second-order valence-electron chi connectivity index (χ2n) is 3.32. The van der Waals surface area contributed by atoms with Crippen LogP contribution in [0.3, 0.4) is 0 Å². The van der Waals surface area contributed by atoms with E-state index in [9.17, 15) is 4.79 Å². The van der Waals surface area contributed by atoms with Crippen molar-refractivity contribution in [1.29, 1.82) is 0 Å². The number of rotatable bonds is 5. The van der Waals surface area contributed by atoms with Crippen molar-refractivity contribution in [3.05, 3.63) is 28.3 Å². The van der Waals surface area contributed by atoms with Gasteiger partial charge in [0.2, 0.25) is 0 Å². The number of methoxy groups -OCH3 is 1. The zero-order valence-corrected chi connectivity index (χ0v) is 12.1. The Kier molecular flexibility index (Phi) is 5.78. The molecule has 0 aliphatic rings. The molecule has 1 aromatic rings. The van der Waals surface area contributed by atoms with Crippen molar-refractivity contribution in [3.63, 3.8) is 0 Å². The van der Waals surface area contributed by atoms with Gasteiger partial charge in [0.05, 0.1) is 20.1 Å². The molecule has 0 amide bonds. The first-order valence-corrected chi connectivity index (χ1v) is 6.69. The monoisotopic (exact) mass is 320 g/mol. The summed E-state index contributed by atoms with van der Waals surface area (Å²) in [4.78, 5) is 11.5. The molecule has 3 nitrogen and oxygen atoms in total. The first-order valence-electron chi connectivity index (χ1n) is 5.19. The summed E-state index contributed by atoms with van der Waals surface area (Å²) in [7, 11) is 1.59. The molecule has 0 aliphatic carbocycles. The third kappa shape index (κ3) is 3.61. The van der Waals surface area contributed by atoms with Gasteiger partial charge in [-0.05, 0) is 24.6 Å². The first-order chi connectivity index (χ1) is 8.13. The van der Waals surface area contributed by atoms with Gasteiger partial charge < -0.3 is 9.47 Å². The minimum Gasteiger partial charge on any atom is -0.496 e. The Morgan fingerprint density at radius 3 is 2.65 bits per heavy atom. The van der Waals surface area contributed by atoms with Crippen LogP contribution in [0.25, 0.3) is 0 Å². The van der Waals surface area contributed by atoms with E-state index in [2.05, 4.69) is 15.9 Å². The Hall–Kier alpha value is -0.740. The van der Waals surface area contributed by atoms with Gasteiger partial charge >= 0.3 is 5.97 Å². The number of benzene rings is 1. The summed E-state index contributed by atoms with van der Waals surface area (Å²) < 4.78 is 10.2. The summed E-state index contributed by atoms with van der Waals surface area (Å²) in [5.41, 5.74) is 1.63. The van der Waals surface area contributed by atoms with Crippen molar-refractivity contribution >= 4 is 33.5 Å². The van der Waals surface area contributed by atoms with Gasteiger partial charge in [-0.3, -0.25) is 4.79 Å². The van der Waals surface area contributed by atoms with E-state index in [1.165, 1.54) is 0 Å². The van der Waals surface area contributed by atoms with Crippen LogP contribution in [0.1, 0.15) is 18.1 Å². The van der Waals surface area contributed by atoms with Crippen molar-refractivity contribution in [2.24, 2.45) is 0 Å². The lowest BCUT2D eigenvalue weighted by Crippen LogP contribution is -2.10. The molecule has 0 aromatic heterocycles. The maximum absolute atomic E-state index is 11.5. The number of hydrogen-bond acceptors (Lipinski definition) is 3. The fourth-order valence-corrected chi connectivity index (χ4v) is 2.39. The van der Waals surface area contributed by atoms with E-state index < -0.39 is 0 Å². The summed E-state index contributed by atoms with van der Waals surface area (Å²) in [6.45, 7) is 2.14. The van der Waals surface area contributed by atoms with E-state index in [4.69, 9.17) is 21.1 Å². The van der Waals surface area contributed by atoms with E-state index in [1.807, 2.05) is 0 Å². The Labute approximate surface area is 114 Å². The molecule has 0 heterocycles. The highest BCUT2D eigenvalue weighted by atomic mass is 79.9. The van der Waals surface area contributed by atoms with Crippen LogP contribution in [0.5, 0.6) is 5.75 Å². The number of ether oxygens (including phenoxy) is 2. The quantitative estimate of drug-likeness (QED) is 0.616. The fraction of sp³-hybridized carbons (Fsp3) is 0.417. The van der Waals surface area contributed by atoms with E-state index in [0.29, 0.717) is 22.7 Å². The molecule has 17 heavy (non-hydrogen) atoms. The molecule has 94 valence electrons. The summed E-state index contributed by atoms with van der Waals surface area (Å²) >= 11 is 9.47. The molecule has 0 aliphatic heterocycles. The zero-order valence-electron chi connectivity index (χ0n) is 9.76. The molecule has 1 aromatic carbocycles. The Bertz CT molecular complexity index is 407. The molecule has 0 fully saturated rings. The number of esters is 1. The van der Waals surface area contributed by atoms with Gasteiger partial charge in [-0.15, -0.1) is 0 Å². The van der Waals surface area contributed by atoms with Crippen LogP contribution in [0.2, 0.25) is 5.02 Å². The van der Waals surface area contributed by atoms with Crippen LogP contribution in [0, 0.1) is 0 Å². The molecule has 5 heteroatoms. The Morgan fingerprint density at radius 2 is 2.12 bits per heavy atom. The van der Waals surface area contributed by atoms with Crippen LogP contribution in [0.4, 0.5) is 0 Å². The summed E-state index contributed by atoms with van der Waals surface area (Å²) in [5, 5.41) is 1.12. The maximum Gasteiger partial charge on any atom is 0.310 e. The highest BCUT2D eigenvalue weighted by Crippen LogP contribution is 2.31. The van der Waals surface area contributed by atoms with Gasteiger partial charge in [0.25, 0.3) is 0 Å². The minimum absolute atomic E-state index is 0.158. The third-order valence-corrected chi connectivity index (χ3v) is 3.23. The van der Waals surface area contributed by atoms with Crippen molar-refractivity contribution in [2.75, 3.05) is 13.7 Å². The van der Waals surface area contributed by atoms with Crippen molar-refractivity contribution in [1.82, 2.24) is 0 Å². The molecule has 0 spiro atoms.